The summed E-state index contributed by atoms with van der Waals surface area (Å²) in [7, 11) is -3.26. The number of nitrogens with zero attached hydrogens (tertiary/aromatic N) is 2. The van der Waals surface area contributed by atoms with E-state index in [4.69, 9.17) is 0 Å². The Kier molecular flexibility index (Phi) is 4.61. The highest BCUT2D eigenvalue weighted by Crippen LogP contribution is 2.40. The minimum Gasteiger partial charge on any atom is -0.480 e. The molecule has 1 aromatic rings. The molecular formula is C19H24N2O5S. The van der Waals surface area contributed by atoms with Crippen molar-refractivity contribution in [1.29, 1.82) is 0 Å². The molecule has 3 atom stereocenters. The van der Waals surface area contributed by atoms with Gasteiger partial charge in [0.15, 0.2) is 0 Å². The molecule has 1 amide bonds. The lowest BCUT2D eigenvalue weighted by Crippen LogP contribution is -2.46. The Morgan fingerprint density at radius 1 is 1.04 bits per heavy atom. The minimum atomic E-state index is -3.26. The van der Waals surface area contributed by atoms with Gasteiger partial charge in [-0.05, 0) is 55.9 Å². The average Bonchev–Trinajstić information content (AvgIpc) is 3.21. The van der Waals surface area contributed by atoms with Crippen LogP contribution in [0, 0.1) is 5.92 Å². The summed E-state index contributed by atoms with van der Waals surface area (Å²) in [6.07, 6.45) is 5.06. The highest BCUT2D eigenvalue weighted by Gasteiger charge is 2.47. The first kappa shape index (κ1) is 18.3. The molecule has 0 aromatic heterocycles. The summed E-state index contributed by atoms with van der Waals surface area (Å²) in [6.45, 7) is 0.451. The number of benzene rings is 1. The van der Waals surface area contributed by atoms with Gasteiger partial charge in [-0.2, -0.15) is 0 Å². The van der Waals surface area contributed by atoms with Crippen molar-refractivity contribution in [1.82, 2.24) is 4.90 Å². The number of fused-ring (bicyclic) bond motifs is 1. The van der Waals surface area contributed by atoms with E-state index >= 15 is 0 Å². The second kappa shape index (κ2) is 6.82. The molecule has 8 heteroatoms. The van der Waals surface area contributed by atoms with Gasteiger partial charge in [0.05, 0.1) is 11.4 Å². The minimum absolute atomic E-state index is 0.00835. The molecule has 0 spiro atoms. The lowest BCUT2D eigenvalue weighted by molar-refractivity contribution is -0.141. The van der Waals surface area contributed by atoms with Crippen molar-refractivity contribution in [3.63, 3.8) is 0 Å². The van der Waals surface area contributed by atoms with Gasteiger partial charge in [0.2, 0.25) is 10.0 Å². The van der Waals surface area contributed by atoms with Crippen LogP contribution in [-0.2, 0) is 14.8 Å². The smallest absolute Gasteiger partial charge is 0.326 e. The van der Waals surface area contributed by atoms with Crippen molar-refractivity contribution < 1.29 is 23.1 Å². The number of hydrogen-bond acceptors (Lipinski definition) is 4. The van der Waals surface area contributed by atoms with Gasteiger partial charge in [0, 0.05) is 18.2 Å². The molecule has 2 heterocycles. The fourth-order valence-electron chi connectivity index (χ4n) is 4.82. The first-order valence-corrected chi connectivity index (χ1v) is 11.2. The van der Waals surface area contributed by atoms with Crippen LogP contribution in [0.2, 0.25) is 0 Å². The maximum Gasteiger partial charge on any atom is 0.326 e. The summed E-state index contributed by atoms with van der Waals surface area (Å²) < 4.78 is 25.5. The Morgan fingerprint density at radius 3 is 2.37 bits per heavy atom. The van der Waals surface area contributed by atoms with Gasteiger partial charge in [-0.3, -0.25) is 9.10 Å². The molecule has 0 bridgehead atoms. The van der Waals surface area contributed by atoms with E-state index in [9.17, 15) is 23.1 Å². The summed E-state index contributed by atoms with van der Waals surface area (Å²) in [5.41, 5.74) is 0.962. The van der Waals surface area contributed by atoms with Gasteiger partial charge in [0.1, 0.15) is 6.04 Å². The van der Waals surface area contributed by atoms with Crippen molar-refractivity contribution in [2.75, 3.05) is 16.6 Å². The molecule has 1 aliphatic carbocycles. The van der Waals surface area contributed by atoms with E-state index in [1.165, 1.54) is 4.31 Å². The van der Waals surface area contributed by atoms with E-state index in [0.29, 0.717) is 30.6 Å². The van der Waals surface area contributed by atoms with Gasteiger partial charge in [-0.25, -0.2) is 13.2 Å². The normalized spacial score (nSPS) is 29.6. The third kappa shape index (κ3) is 3.20. The molecule has 1 aromatic carbocycles. The van der Waals surface area contributed by atoms with Gasteiger partial charge >= 0.3 is 5.97 Å². The second-order valence-electron chi connectivity index (χ2n) is 7.70. The van der Waals surface area contributed by atoms with E-state index in [1.807, 2.05) is 0 Å². The SMILES string of the molecule is O=C(O)[C@@H]1C[C@@H]2CCCC[C@H]2N1C(=O)c1ccc(N2CCCS2(=O)=O)cc1. The number of hydrogen-bond donors (Lipinski definition) is 1. The van der Waals surface area contributed by atoms with Crippen LogP contribution in [0.4, 0.5) is 5.69 Å². The molecule has 3 aliphatic rings. The van der Waals surface area contributed by atoms with Crippen LogP contribution >= 0.6 is 0 Å². The van der Waals surface area contributed by atoms with Gasteiger partial charge in [-0.15, -0.1) is 0 Å². The quantitative estimate of drug-likeness (QED) is 0.850. The Hall–Kier alpha value is -2.09. The van der Waals surface area contributed by atoms with Crippen molar-refractivity contribution in [2.45, 2.75) is 50.6 Å². The maximum absolute atomic E-state index is 13.1. The summed E-state index contributed by atoms with van der Waals surface area (Å²) in [5, 5.41) is 9.60. The molecule has 27 heavy (non-hydrogen) atoms. The summed E-state index contributed by atoms with van der Waals surface area (Å²) >= 11 is 0. The number of amides is 1. The summed E-state index contributed by atoms with van der Waals surface area (Å²) in [4.78, 5) is 26.4. The van der Waals surface area contributed by atoms with Crippen molar-refractivity contribution in [3.8, 4) is 0 Å². The molecule has 0 unspecified atom stereocenters. The molecule has 2 saturated heterocycles. The predicted octanol–water partition coefficient (Wildman–Crippen LogP) is 2.08. The fraction of sp³-hybridized carbons (Fsp3) is 0.579. The number of carboxylic acid groups (broad SMARTS) is 1. The van der Waals surface area contributed by atoms with Crippen LogP contribution in [-0.4, -0.2) is 54.7 Å². The van der Waals surface area contributed by atoms with Crippen LogP contribution in [0.3, 0.4) is 0 Å². The second-order valence-corrected chi connectivity index (χ2v) is 9.72. The lowest BCUT2D eigenvalue weighted by atomic mass is 9.84. The molecule has 146 valence electrons. The maximum atomic E-state index is 13.1. The highest BCUT2D eigenvalue weighted by atomic mass is 32.2. The van der Waals surface area contributed by atoms with E-state index < -0.39 is 22.0 Å². The number of sulfonamides is 1. The number of carbonyl (C=O) groups is 2. The van der Waals surface area contributed by atoms with Crippen LogP contribution in [0.5, 0.6) is 0 Å². The lowest BCUT2D eigenvalue weighted by Gasteiger charge is -2.33. The Labute approximate surface area is 159 Å². The Bertz CT molecular complexity index is 851. The third-order valence-electron chi connectivity index (χ3n) is 6.11. The zero-order chi connectivity index (χ0) is 19.2. The monoisotopic (exact) mass is 392 g/mol. The molecular weight excluding hydrogens is 368 g/mol. The van der Waals surface area contributed by atoms with Crippen LogP contribution in [0.15, 0.2) is 24.3 Å². The van der Waals surface area contributed by atoms with Crippen molar-refractivity contribution in [3.05, 3.63) is 29.8 Å². The van der Waals surface area contributed by atoms with E-state index in [2.05, 4.69) is 0 Å². The first-order valence-electron chi connectivity index (χ1n) is 9.54. The highest BCUT2D eigenvalue weighted by molar-refractivity contribution is 7.93. The van der Waals surface area contributed by atoms with E-state index in [0.717, 1.165) is 25.7 Å². The summed E-state index contributed by atoms with van der Waals surface area (Å²) in [6, 6.07) is 5.72. The van der Waals surface area contributed by atoms with Crippen LogP contribution in [0.1, 0.15) is 48.9 Å². The molecule has 0 radical (unpaired) electrons. The largest absolute Gasteiger partial charge is 0.480 e. The zero-order valence-electron chi connectivity index (χ0n) is 15.1. The molecule has 3 fully saturated rings. The van der Waals surface area contributed by atoms with Crippen LogP contribution < -0.4 is 4.31 Å². The number of anilines is 1. The number of carbonyl (C=O) groups excluding carboxylic acids is 1. The zero-order valence-corrected chi connectivity index (χ0v) is 15.9. The number of rotatable bonds is 3. The number of likely N-dealkylation sites (tertiary alicyclic amines) is 1. The Morgan fingerprint density at radius 2 is 1.74 bits per heavy atom. The standard InChI is InChI=1S/C19H24N2O5S/c22-18(21-16-5-2-1-4-14(16)12-17(21)19(23)24)13-6-8-15(9-7-13)20-10-3-11-27(20,25)26/h6-9,14,16-17H,1-5,10-12H2,(H,23,24)/t14-,16+,17-/m0/s1. The molecule has 1 saturated carbocycles. The van der Waals surface area contributed by atoms with E-state index in [-0.39, 0.29) is 23.6 Å². The van der Waals surface area contributed by atoms with Gasteiger partial charge in [-0.1, -0.05) is 12.8 Å². The molecule has 4 rings (SSSR count). The average molecular weight is 392 g/mol. The Balaban J connectivity index is 1.59. The van der Waals surface area contributed by atoms with Gasteiger partial charge in [0.25, 0.3) is 5.91 Å². The molecule has 1 N–H and O–H groups in total. The summed E-state index contributed by atoms with van der Waals surface area (Å²) in [5.74, 6) is -0.812. The molecule has 7 nitrogen and oxygen atoms in total. The topological polar surface area (TPSA) is 95.0 Å². The van der Waals surface area contributed by atoms with E-state index in [1.54, 1.807) is 29.2 Å². The fourth-order valence-corrected chi connectivity index (χ4v) is 6.39. The third-order valence-corrected chi connectivity index (χ3v) is 7.98. The predicted molar refractivity (Wildman–Crippen MR) is 100 cm³/mol. The first-order chi connectivity index (χ1) is 12.9. The van der Waals surface area contributed by atoms with Gasteiger partial charge < -0.3 is 10.0 Å². The van der Waals surface area contributed by atoms with Crippen molar-refractivity contribution in [2.24, 2.45) is 5.92 Å². The number of aliphatic carboxylic acids is 1. The van der Waals surface area contributed by atoms with Crippen molar-refractivity contribution >= 4 is 27.6 Å². The van der Waals surface area contributed by atoms with Crippen LogP contribution in [0.25, 0.3) is 0 Å². The number of carboxylic acids is 1. The molecule has 2 aliphatic heterocycles.